The lowest BCUT2D eigenvalue weighted by Crippen LogP contribution is -2.25. The van der Waals surface area contributed by atoms with Crippen LogP contribution in [0.5, 0.6) is 0 Å². The van der Waals surface area contributed by atoms with Crippen LogP contribution in [0.4, 0.5) is 0 Å². The van der Waals surface area contributed by atoms with Crippen molar-refractivity contribution in [2.75, 3.05) is 0 Å². The van der Waals surface area contributed by atoms with Crippen molar-refractivity contribution in [2.24, 2.45) is 12.8 Å². The molecule has 0 bridgehead atoms. The maximum absolute atomic E-state index is 12.5. The van der Waals surface area contributed by atoms with Crippen molar-refractivity contribution in [3.63, 3.8) is 0 Å². The Morgan fingerprint density at radius 3 is 2.52 bits per heavy atom. The van der Waals surface area contributed by atoms with Gasteiger partial charge in [0.15, 0.2) is 0 Å². The Kier molecular flexibility index (Phi) is 4.22. The minimum atomic E-state index is -3.68. The second-order valence-electron chi connectivity index (χ2n) is 4.93. The summed E-state index contributed by atoms with van der Waals surface area (Å²) < 4.78 is 34.6. The molecule has 2 aromatic rings. The highest BCUT2D eigenvalue weighted by molar-refractivity contribution is 7.89. The maximum atomic E-state index is 12.5. The first-order valence-corrected chi connectivity index (χ1v) is 8.02. The van der Waals surface area contributed by atoms with E-state index >= 15 is 0 Å². The van der Waals surface area contributed by atoms with E-state index in [-0.39, 0.29) is 18.0 Å². The second-order valence-corrected chi connectivity index (χ2v) is 6.63. The molecule has 0 aliphatic carbocycles. The Morgan fingerprint density at radius 2 is 2.00 bits per heavy atom. The highest BCUT2D eigenvalue weighted by atomic mass is 32.2. The fraction of sp³-hybridized carbons (Fsp3) is 0.462. The topological polar surface area (TPSA) is 103 Å². The first kappa shape index (κ1) is 15.7. The molecule has 8 heteroatoms. The standard InChI is InChI=1S/C13H20N4O3S/c1-8-11(6-15-17(8)4)7-16-21(18,19)13-10(3)20-9(2)12(13)5-14/h6,16H,5,7,14H2,1-4H3. The van der Waals surface area contributed by atoms with Crippen molar-refractivity contribution < 1.29 is 12.8 Å². The molecule has 7 nitrogen and oxygen atoms in total. The SMILES string of the molecule is Cc1oc(C)c(S(=O)(=O)NCc2cnn(C)c2C)c1CN. The largest absolute Gasteiger partial charge is 0.465 e. The van der Waals surface area contributed by atoms with E-state index in [0.29, 0.717) is 17.1 Å². The summed E-state index contributed by atoms with van der Waals surface area (Å²) in [7, 11) is -1.87. The predicted molar refractivity (Wildman–Crippen MR) is 78.0 cm³/mol. The van der Waals surface area contributed by atoms with E-state index in [4.69, 9.17) is 10.2 Å². The molecule has 21 heavy (non-hydrogen) atoms. The van der Waals surface area contributed by atoms with Crippen molar-refractivity contribution in [3.05, 3.63) is 34.5 Å². The van der Waals surface area contributed by atoms with Gasteiger partial charge in [-0.05, 0) is 20.8 Å². The van der Waals surface area contributed by atoms with Gasteiger partial charge in [-0.1, -0.05) is 0 Å². The third-order valence-electron chi connectivity index (χ3n) is 3.59. The van der Waals surface area contributed by atoms with Crippen LogP contribution in [0.3, 0.4) is 0 Å². The summed E-state index contributed by atoms with van der Waals surface area (Å²) >= 11 is 0. The first-order chi connectivity index (χ1) is 9.77. The average Bonchev–Trinajstić information content (AvgIpc) is 2.88. The number of aryl methyl sites for hydroxylation is 3. The van der Waals surface area contributed by atoms with Crippen LogP contribution in [0.2, 0.25) is 0 Å². The van der Waals surface area contributed by atoms with E-state index in [0.717, 1.165) is 11.3 Å². The number of nitrogens with zero attached hydrogens (tertiary/aromatic N) is 2. The number of hydrogen-bond donors (Lipinski definition) is 2. The van der Waals surface area contributed by atoms with Gasteiger partial charge < -0.3 is 10.2 Å². The van der Waals surface area contributed by atoms with Gasteiger partial charge in [-0.15, -0.1) is 0 Å². The van der Waals surface area contributed by atoms with Gasteiger partial charge in [0.05, 0.1) is 6.20 Å². The first-order valence-electron chi connectivity index (χ1n) is 6.54. The summed E-state index contributed by atoms with van der Waals surface area (Å²) in [5, 5.41) is 4.09. The van der Waals surface area contributed by atoms with E-state index in [1.807, 2.05) is 14.0 Å². The molecule has 0 aromatic carbocycles. The molecule has 0 saturated heterocycles. The number of nitrogens with one attached hydrogen (secondary N) is 1. The van der Waals surface area contributed by atoms with Gasteiger partial charge in [-0.2, -0.15) is 5.10 Å². The zero-order valence-corrected chi connectivity index (χ0v) is 13.4. The molecule has 0 spiro atoms. The van der Waals surface area contributed by atoms with Gasteiger partial charge in [-0.25, -0.2) is 13.1 Å². The Balaban J connectivity index is 2.29. The van der Waals surface area contributed by atoms with Crippen LogP contribution >= 0.6 is 0 Å². The monoisotopic (exact) mass is 312 g/mol. The van der Waals surface area contributed by atoms with E-state index in [1.54, 1.807) is 24.7 Å². The Bertz CT molecular complexity index is 759. The van der Waals surface area contributed by atoms with Crippen LogP contribution in [0, 0.1) is 20.8 Å². The number of furan rings is 1. The fourth-order valence-corrected chi connectivity index (χ4v) is 3.72. The number of hydrogen-bond acceptors (Lipinski definition) is 5. The quantitative estimate of drug-likeness (QED) is 0.853. The molecule has 0 fully saturated rings. The molecular formula is C13H20N4O3S. The molecule has 0 aliphatic rings. The van der Waals surface area contributed by atoms with Gasteiger partial charge >= 0.3 is 0 Å². The predicted octanol–water partition coefficient (Wildman–Crippen LogP) is 0.876. The molecule has 2 heterocycles. The zero-order chi connectivity index (χ0) is 15.8. The van der Waals surface area contributed by atoms with Crippen molar-refractivity contribution in [1.29, 1.82) is 0 Å². The smallest absolute Gasteiger partial charge is 0.244 e. The maximum Gasteiger partial charge on any atom is 0.244 e. The normalized spacial score (nSPS) is 12.0. The van der Waals surface area contributed by atoms with Gasteiger partial charge in [0, 0.05) is 37.0 Å². The lowest BCUT2D eigenvalue weighted by molar-refractivity contribution is 0.494. The van der Waals surface area contributed by atoms with Crippen LogP contribution in [-0.4, -0.2) is 18.2 Å². The lowest BCUT2D eigenvalue weighted by Gasteiger charge is -2.07. The average molecular weight is 312 g/mol. The van der Waals surface area contributed by atoms with Crippen molar-refractivity contribution in [3.8, 4) is 0 Å². The van der Waals surface area contributed by atoms with E-state index in [2.05, 4.69) is 9.82 Å². The Labute approximate surface area is 124 Å². The summed E-state index contributed by atoms with van der Waals surface area (Å²) in [6.45, 7) is 5.51. The zero-order valence-electron chi connectivity index (χ0n) is 12.6. The van der Waals surface area contributed by atoms with Crippen molar-refractivity contribution >= 4 is 10.0 Å². The van der Waals surface area contributed by atoms with E-state index in [1.165, 1.54) is 0 Å². The molecule has 3 N–H and O–H groups in total. The molecule has 0 amide bonds. The molecule has 0 radical (unpaired) electrons. The summed E-state index contributed by atoms with van der Waals surface area (Å²) in [4.78, 5) is 0.143. The van der Waals surface area contributed by atoms with Gasteiger partial charge in [0.2, 0.25) is 10.0 Å². The van der Waals surface area contributed by atoms with Crippen LogP contribution in [0.25, 0.3) is 0 Å². The van der Waals surface area contributed by atoms with E-state index in [9.17, 15) is 8.42 Å². The lowest BCUT2D eigenvalue weighted by atomic mass is 10.2. The molecule has 0 atom stereocenters. The van der Waals surface area contributed by atoms with Gasteiger partial charge in [0.25, 0.3) is 0 Å². The van der Waals surface area contributed by atoms with Gasteiger partial charge in [-0.3, -0.25) is 4.68 Å². The second kappa shape index (κ2) is 5.63. The molecule has 2 aromatic heterocycles. The van der Waals surface area contributed by atoms with Crippen LogP contribution in [0.15, 0.2) is 15.5 Å². The minimum absolute atomic E-state index is 0.116. The van der Waals surface area contributed by atoms with Crippen LogP contribution < -0.4 is 10.5 Å². The summed E-state index contributed by atoms with van der Waals surface area (Å²) in [5.74, 6) is 0.885. The third kappa shape index (κ3) is 2.87. The Morgan fingerprint density at radius 1 is 1.33 bits per heavy atom. The van der Waals surface area contributed by atoms with Gasteiger partial charge in [0.1, 0.15) is 16.4 Å². The number of aromatic nitrogens is 2. The summed E-state index contributed by atoms with van der Waals surface area (Å²) in [5.41, 5.74) is 7.89. The highest BCUT2D eigenvalue weighted by Gasteiger charge is 2.26. The minimum Gasteiger partial charge on any atom is -0.465 e. The van der Waals surface area contributed by atoms with Crippen LogP contribution in [-0.2, 0) is 30.2 Å². The number of rotatable bonds is 5. The van der Waals surface area contributed by atoms with Crippen molar-refractivity contribution in [2.45, 2.75) is 38.8 Å². The molecule has 0 saturated carbocycles. The number of sulfonamides is 1. The summed E-state index contributed by atoms with van der Waals surface area (Å²) in [6.07, 6.45) is 1.65. The molecule has 116 valence electrons. The third-order valence-corrected chi connectivity index (χ3v) is 5.18. The molecule has 2 rings (SSSR count). The van der Waals surface area contributed by atoms with Crippen LogP contribution in [0.1, 0.15) is 28.3 Å². The molecule has 0 aliphatic heterocycles. The van der Waals surface area contributed by atoms with E-state index < -0.39 is 10.0 Å². The molecule has 0 unspecified atom stereocenters. The fourth-order valence-electron chi connectivity index (χ4n) is 2.26. The molecular weight excluding hydrogens is 292 g/mol. The number of nitrogens with two attached hydrogens (primary N) is 1. The highest BCUT2D eigenvalue weighted by Crippen LogP contribution is 2.26. The summed E-state index contributed by atoms with van der Waals surface area (Å²) in [6, 6.07) is 0. The van der Waals surface area contributed by atoms with Crippen molar-refractivity contribution in [1.82, 2.24) is 14.5 Å². The Hall–Kier alpha value is -1.64.